The molecule has 0 saturated carbocycles. The Hall–Kier alpha value is -1.91. The Labute approximate surface area is 119 Å². The smallest absolute Gasteiger partial charge is 0.219 e. The van der Waals surface area contributed by atoms with Gasteiger partial charge in [0.25, 0.3) is 0 Å². The molecular formula is C15H22FN3O. The van der Waals surface area contributed by atoms with Gasteiger partial charge < -0.3 is 5.32 Å². The number of halogens is 1. The maximum atomic E-state index is 13.2. The van der Waals surface area contributed by atoms with Gasteiger partial charge in [0, 0.05) is 25.4 Å². The maximum absolute atomic E-state index is 13.2. The first-order valence-electron chi connectivity index (χ1n) is 6.95. The number of aromatic nitrogens is 2. The van der Waals surface area contributed by atoms with E-state index in [0.717, 1.165) is 16.6 Å². The molecule has 4 nitrogen and oxygen atoms in total. The molecule has 20 heavy (non-hydrogen) atoms. The molecule has 0 bridgehead atoms. The lowest BCUT2D eigenvalue weighted by Gasteiger charge is -2.03. The van der Waals surface area contributed by atoms with Crippen LogP contribution in [0.1, 0.15) is 32.4 Å². The molecule has 1 amide bonds. The van der Waals surface area contributed by atoms with Gasteiger partial charge in [0.05, 0.1) is 11.2 Å². The highest BCUT2D eigenvalue weighted by Crippen LogP contribution is 2.19. The Morgan fingerprint density at radius 1 is 1.40 bits per heavy atom. The Balaban J connectivity index is 0.000000956. The van der Waals surface area contributed by atoms with Gasteiger partial charge in [-0.2, -0.15) is 5.10 Å². The Morgan fingerprint density at radius 3 is 2.75 bits per heavy atom. The standard InChI is InChI=1S/C13H16FN3O.C2H6/c1-9-11-6-5-10(14)8-12(11)17(16-9)7-3-4-13(18)15-2;1-2/h5-6,8H,3-4,7H2,1-2H3,(H,15,18);1-2H3. The molecule has 0 aliphatic heterocycles. The van der Waals surface area contributed by atoms with Gasteiger partial charge in [-0.25, -0.2) is 4.39 Å². The van der Waals surface area contributed by atoms with Gasteiger partial charge in [-0.3, -0.25) is 9.48 Å². The van der Waals surface area contributed by atoms with Crippen LogP contribution in [0.4, 0.5) is 4.39 Å². The van der Waals surface area contributed by atoms with Crippen molar-refractivity contribution in [2.45, 2.75) is 40.2 Å². The van der Waals surface area contributed by atoms with Crippen LogP contribution in [0.15, 0.2) is 18.2 Å². The van der Waals surface area contributed by atoms with Crippen LogP contribution in [-0.2, 0) is 11.3 Å². The van der Waals surface area contributed by atoms with E-state index in [2.05, 4.69) is 10.4 Å². The second-order valence-electron chi connectivity index (χ2n) is 4.25. The monoisotopic (exact) mass is 279 g/mol. The lowest BCUT2D eigenvalue weighted by molar-refractivity contribution is -0.120. The lowest BCUT2D eigenvalue weighted by atomic mass is 10.2. The minimum Gasteiger partial charge on any atom is -0.359 e. The van der Waals surface area contributed by atoms with E-state index in [4.69, 9.17) is 0 Å². The number of hydrogen-bond donors (Lipinski definition) is 1. The molecule has 1 aromatic heterocycles. The van der Waals surface area contributed by atoms with E-state index in [-0.39, 0.29) is 11.7 Å². The van der Waals surface area contributed by atoms with Crippen molar-refractivity contribution in [1.29, 1.82) is 0 Å². The van der Waals surface area contributed by atoms with Gasteiger partial charge in [-0.15, -0.1) is 0 Å². The number of hydrogen-bond acceptors (Lipinski definition) is 2. The van der Waals surface area contributed by atoms with Crippen LogP contribution in [0.2, 0.25) is 0 Å². The van der Waals surface area contributed by atoms with Crippen LogP contribution in [0.5, 0.6) is 0 Å². The van der Waals surface area contributed by atoms with Crippen molar-refractivity contribution in [3.8, 4) is 0 Å². The molecule has 2 rings (SSSR count). The minimum atomic E-state index is -0.269. The van der Waals surface area contributed by atoms with Gasteiger partial charge >= 0.3 is 0 Å². The fourth-order valence-corrected chi connectivity index (χ4v) is 2.00. The maximum Gasteiger partial charge on any atom is 0.219 e. The second kappa shape index (κ2) is 7.62. The Morgan fingerprint density at radius 2 is 2.10 bits per heavy atom. The molecule has 110 valence electrons. The predicted octanol–water partition coefficient (Wildman–Crippen LogP) is 3.04. The summed E-state index contributed by atoms with van der Waals surface area (Å²) in [6.45, 7) is 6.51. The highest BCUT2D eigenvalue weighted by molar-refractivity contribution is 5.81. The highest BCUT2D eigenvalue weighted by atomic mass is 19.1. The molecule has 0 aliphatic rings. The van der Waals surface area contributed by atoms with Crippen LogP contribution >= 0.6 is 0 Å². The molecule has 0 fully saturated rings. The van der Waals surface area contributed by atoms with E-state index in [9.17, 15) is 9.18 Å². The molecule has 2 aromatic rings. The molecule has 0 spiro atoms. The van der Waals surface area contributed by atoms with Crippen LogP contribution < -0.4 is 5.32 Å². The number of nitrogens with zero attached hydrogens (tertiary/aromatic N) is 2. The number of amides is 1. The number of nitrogens with one attached hydrogen (secondary N) is 1. The van der Waals surface area contributed by atoms with E-state index in [1.54, 1.807) is 17.8 Å². The van der Waals surface area contributed by atoms with Crippen molar-refractivity contribution >= 4 is 16.8 Å². The summed E-state index contributed by atoms with van der Waals surface area (Å²) in [5, 5.41) is 7.90. The van der Waals surface area contributed by atoms with E-state index in [1.165, 1.54) is 12.1 Å². The highest BCUT2D eigenvalue weighted by Gasteiger charge is 2.08. The number of benzene rings is 1. The Bertz CT molecular complexity index is 578. The van der Waals surface area contributed by atoms with Crippen molar-refractivity contribution in [3.05, 3.63) is 29.7 Å². The van der Waals surface area contributed by atoms with Gasteiger partial charge in [0.2, 0.25) is 5.91 Å². The molecule has 1 N–H and O–H groups in total. The van der Waals surface area contributed by atoms with Crippen LogP contribution in [0, 0.1) is 12.7 Å². The third-order valence-corrected chi connectivity index (χ3v) is 2.95. The largest absolute Gasteiger partial charge is 0.359 e. The summed E-state index contributed by atoms with van der Waals surface area (Å²) in [6.07, 6.45) is 1.14. The number of rotatable bonds is 4. The van der Waals surface area contributed by atoms with E-state index >= 15 is 0 Å². The topological polar surface area (TPSA) is 46.9 Å². The first kappa shape index (κ1) is 16.1. The molecule has 1 aromatic carbocycles. The van der Waals surface area contributed by atoms with E-state index in [1.807, 2.05) is 20.8 Å². The molecule has 5 heteroatoms. The molecular weight excluding hydrogens is 257 g/mol. The third kappa shape index (κ3) is 3.79. The average Bonchev–Trinajstić information content (AvgIpc) is 2.77. The number of aryl methyl sites for hydroxylation is 2. The van der Waals surface area contributed by atoms with Crippen molar-refractivity contribution in [2.75, 3.05) is 7.05 Å². The molecule has 0 unspecified atom stereocenters. The van der Waals surface area contributed by atoms with Crippen LogP contribution in [0.3, 0.4) is 0 Å². The van der Waals surface area contributed by atoms with Crippen molar-refractivity contribution in [3.63, 3.8) is 0 Å². The summed E-state index contributed by atoms with van der Waals surface area (Å²) < 4.78 is 15.0. The Kier molecular flexibility index (Phi) is 6.15. The fraction of sp³-hybridized carbons (Fsp3) is 0.467. The molecule has 0 saturated heterocycles. The zero-order valence-corrected chi connectivity index (χ0v) is 12.5. The predicted molar refractivity (Wildman–Crippen MR) is 79.1 cm³/mol. The van der Waals surface area contributed by atoms with Gasteiger partial charge in [-0.05, 0) is 31.5 Å². The molecule has 0 aliphatic carbocycles. The minimum absolute atomic E-state index is 0.00867. The van der Waals surface area contributed by atoms with E-state index < -0.39 is 0 Å². The lowest BCUT2D eigenvalue weighted by Crippen LogP contribution is -2.17. The van der Waals surface area contributed by atoms with Crippen molar-refractivity contribution in [2.24, 2.45) is 0 Å². The zero-order chi connectivity index (χ0) is 15.1. The van der Waals surface area contributed by atoms with Gasteiger partial charge in [0.1, 0.15) is 5.82 Å². The van der Waals surface area contributed by atoms with Crippen LogP contribution in [0.25, 0.3) is 10.9 Å². The molecule has 0 atom stereocenters. The molecule has 1 heterocycles. The summed E-state index contributed by atoms with van der Waals surface area (Å²) >= 11 is 0. The van der Waals surface area contributed by atoms with Crippen LogP contribution in [-0.4, -0.2) is 22.7 Å². The summed E-state index contributed by atoms with van der Waals surface area (Å²) in [6, 6.07) is 4.66. The zero-order valence-electron chi connectivity index (χ0n) is 12.5. The summed E-state index contributed by atoms with van der Waals surface area (Å²) in [5.74, 6) is -0.260. The normalized spacial score (nSPS) is 10.1. The number of fused-ring (bicyclic) bond motifs is 1. The average molecular weight is 279 g/mol. The fourth-order valence-electron chi connectivity index (χ4n) is 2.00. The SMILES string of the molecule is CC.CNC(=O)CCCn1nc(C)c2ccc(F)cc21. The molecule has 0 radical (unpaired) electrons. The van der Waals surface area contributed by atoms with Gasteiger partial charge in [0.15, 0.2) is 0 Å². The van der Waals surface area contributed by atoms with Gasteiger partial charge in [-0.1, -0.05) is 13.8 Å². The summed E-state index contributed by atoms with van der Waals surface area (Å²) in [4.78, 5) is 11.1. The summed E-state index contributed by atoms with van der Waals surface area (Å²) in [7, 11) is 1.62. The first-order chi connectivity index (χ1) is 9.61. The quantitative estimate of drug-likeness (QED) is 0.935. The third-order valence-electron chi connectivity index (χ3n) is 2.95. The number of carbonyl (C=O) groups excluding carboxylic acids is 1. The van der Waals surface area contributed by atoms with Crippen molar-refractivity contribution in [1.82, 2.24) is 15.1 Å². The number of carbonyl (C=O) groups is 1. The van der Waals surface area contributed by atoms with E-state index in [0.29, 0.717) is 19.4 Å². The second-order valence-corrected chi connectivity index (χ2v) is 4.25. The first-order valence-corrected chi connectivity index (χ1v) is 6.95. The van der Waals surface area contributed by atoms with Crippen molar-refractivity contribution < 1.29 is 9.18 Å². The summed E-state index contributed by atoms with van der Waals surface area (Å²) in [5.41, 5.74) is 1.66.